The number of methoxy groups -OCH3 is 2. The maximum atomic E-state index is 11.1. The average Bonchev–Trinajstić information content (AvgIpc) is 3.35. The second-order valence-electron chi connectivity index (χ2n) is 8.13. The molecule has 0 radical (unpaired) electrons. The quantitative estimate of drug-likeness (QED) is 0.307. The number of anilines is 1. The summed E-state index contributed by atoms with van der Waals surface area (Å²) >= 11 is 5.80. The summed E-state index contributed by atoms with van der Waals surface area (Å²) in [5, 5.41) is 18.5. The van der Waals surface area contributed by atoms with E-state index >= 15 is 0 Å². The molecule has 0 spiro atoms. The number of phenolic OH excluding ortho intramolecular Hbond substituents is 1. The van der Waals surface area contributed by atoms with Gasteiger partial charge in [-0.15, -0.1) is 0 Å². The van der Waals surface area contributed by atoms with Gasteiger partial charge < -0.3 is 19.9 Å². The van der Waals surface area contributed by atoms with Gasteiger partial charge in [0.1, 0.15) is 17.2 Å². The molecule has 1 atom stereocenters. The Morgan fingerprint density at radius 2 is 1.60 bits per heavy atom. The summed E-state index contributed by atoms with van der Waals surface area (Å²) in [6.07, 6.45) is 2.04. The number of thiocarbonyl (C=S) groups is 1. The van der Waals surface area contributed by atoms with Gasteiger partial charge in [-0.25, -0.2) is 0 Å². The van der Waals surface area contributed by atoms with Crippen molar-refractivity contribution in [2.75, 3.05) is 19.5 Å². The molecule has 7 heteroatoms. The number of nitrogens with one attached hydrogen (secondary N) is 2. The average molecular weight is 484 g/mol. The standard InChI is InChI=1S/C28H25N3O3S/c1-33-21-14-19(15-22(16-21)34-2)26-17-25(24-13-12-18-8-6-7-11-23(18)27(24)32)30-31(26)28(35)29-20-9-4-3-5-10-20/h3-17,26,30,32H,1-2H3,(H,29,35). The Balaban J connectivity index is 1.57. The van der Waals surface area contributed by atoms with Crippen LogP contribution >= 0.6 is 12.2 Å². The molecule has 5 rings (SSSR count). The molecule has 1 aliphatic heterocycles. The van der Waals surface area contributed by atoms with E-state index in [1.165, 1.54) is 0 Å². The van der Waals surface area contributed by atoms with E-state index < -0.39 is 0 Å². The molecule has 6 nitrogen and oxygen atoms in total. The van der Waals surface area contributed by atoms with Crippen LogP contribution in [0.25, 0.3) is 16.5 Å². The number of benzene rings is 4. The number of para-hydroxylation sites is 1. The topological polar surface area (TPSA) is 66.0 Å². The van der Waals surface area contributed by atoms with E-state index in [-0.39, 0.29) is 11.8 Å². The van der Waals surface area contributed by atoms with Crippen LogP contribution in [-0.2, 0) is 0 Å². The van der Waals surface area contributed by atoms with Crippen LogP contribution in [0.2, 0.25) is 0 Å². The molecule has 0 fully saturated rings. The summed E-state index contributed by atoms with van der Waals surface area (Å²) < 4.78 is 11.0. The first kappa shape index (κ1) is 22.6. The number of phenols is 1. The van der Waals surface area contributed by atoms with Crippen molar-refractivity contribution in [3.8, 4) is 17.2 Å². The van der Waals surface area contributed by atoms with Crippen molar-refractivity contribution in [1.29, 1.82) is 0 Å². The second kappa shape index (κ2) is 9.56. The van der Waals surface area contributed by atoms with Crippen molar-refractivity contribution < 1.29 is 14.6 Å². The fourth-order valence-corrected chi connectivity index (χ4v) is 4.50. The molecule has 0 aromatic heterocycles. The molecule has 0 bridgehead atoms. The SMILES string of the molecule is COc1cc(OC)cc(C2C=C(c3ccc4ccccc4c3O)NN2C(=S)Nc2ccccc2)c1. The van der Waals surface area contributed by atoms with Gasteiger partial charge in [0, 0.05) is 22.7 Å². The minimum Gasteiger partial charge on any atom is -0.507 e. The highest BCUT2D eigenvalue weighted by molar-refractivity contribution is 7.80. The van der Waals surface area contributed by atoms with Crippen LogP contribution in [0.5, 0.6) is 17.2 Å². The van der Waals surface area contributed by atoms with Gasteiger partial charge in [0.25, 0.3) is 0 Å². The third kappa shape index (κ3) is 4.46. The van der Waals surface area contributed by atoms with E-state index in [0.29, 0.717) is 22.2 Å². The third-order valence-corrected chi connectivity index (χ3v) is 6.29. The summed E-state index contributed by atoms with van der Waals surface area (Å²) in [6.45, 7) is 0. The molecule has 35 heavy (non-hydrogen) atoms. The third-order valence-electron chi connectivity index (χ3n) is 5.99. The van der Waals surface area contributed by atoms with E-state index in [0.717, 1.165) is 27.7 Å². The highest BCUT2D eigenvalue weighted by Crippen LogP contribution is 2.39. The zero-order chi connectivity index (χ0) is 24.4. The van der Waals surface area contributed by atoms with E-state index in [1.807, 2.05) is 96.0 Å². The number of hydrogen-bond acceptors (Lipinski definition) is 5. The maximum Gasteiger partial charge on any atom is 0.193 e. The summed E-state index contributed by atoms with van der Waals surface area (Å²) in [5.41, 5.74) is 6.64. The second-order valence-corrected chi connectivity index (χ2v) is 8.52. The Labute approximate surface area is 209 Å². The van der Waals surface area contributed by atoms with Crippen molar-refractivity contribution in [3.05, 3.63) is 102 Å². The summed E-state index contributed by atoms with van der Waals surface area (Å²) in [7, 11) is 3.25. The van der Waals surface area contributed by atoms with Crippen molar-refractivity contribution in [2.24, 2.45) is 0 Å². The molecule has 0 aliphatic carbocycles. The van der Waals surface area contributed by atoms with Crippen LogP contribution in [-0.4, -0.2) is 29.4 Å². The largest absolute Gasteiger partial charge is 0.507 e. The van der Waals surface area contributed by atoms with Gasteiger partial charge in [-0.2, -0.15) is 0 Å². The predicted molar refractivity (Wildman–Crippen MR) is 144 cm³/mol. The first-order valence-corrected chi connectivity index (χ1v) is 11.6. The fraction of sp³-hybridized carbons (Fsp3) is 0.107. The number of nitrogens with zero attached hydrogens (tertiary/aromatic N) is 1. The molecular weight excluding hydrogens is 458 g/mol. The van der Waals surface area contributed by atoms with Crippen LogP contribution in [0, 0.1) is 0 Å². The van der Waals surface area contributed by atoms with Crippen LogP contribution in [0.3, 0.4) is 0 Å². The molecule has 0 saturated heterocycles. The van der Waals surface area contributed by atoms with Gasteiger partial charge in [0.05, 0.1) is 26.0 Å². The molecule has 3 N–H and O–H groups in total. The molecule has 0 saturated carbocycles. The summed E-state index contributed by atoms with van der Waals surface area (Å²) in [5.74, 6) is 1.57. The smallest absolute Gasteiger partial charge is 0.193 e. The zero-order valence-electron chi connectivity index (χ0n) is 19.4. The van der Waals surface area contributed by atoms with Crippen LogP contribution < -0.4 is 20.2 Å². The molecular formula is C28H25N3O3S. The van der Waals surface area contributed by atoms with Crippen LogP contribution in [0.4, 0.5) is 5.69 Å². The molecule has 1 heterocycles. The van der Waals surface area contributed by atoms with Gasteiger partial charge in [0.2, 0.25) is 0 Å². The van der Waals surface area contributed by atoms with Crippen LogP contribution in [0.1, 0.15) is 17.2 Å². The lowest BCUT2D eigenvalue weighted by molar-refractivity contribution is 0.343. The van der Waals surface area contributed by atoms with E-state index in [1.54, 1.807) is 14.2 Å². The molecule has 4 aromatic carbocycles. The van der Waals surface area contributed by atoms with E-state index in [2.05, 4.69) is 10.7 Å². The summed E-state index contributed by atoms with van der Waals surface area (Å²) in [6, 6.07) is 26.9. The molecule has 0 amide bonds. The lowest BCUT2D eigenvalue weighted by Gasteiger charge is -2.28. The van der Waals surface area contributed by atoms with Crippen molar-refractivity contribution >= 4 is 39.5 Å². The monoisotopic (exact) mass is 483 g/mol. The molecule has 1 unspecified atom stereocenters. The number of rotatable bonds is 5. The first-order valence-electron chi connectivity index (χ1n) is 11.1. The number of hydrazine groups is 1. The Bertz CT molecular complexity index is 1400. The minimum absolute atomic E-state index is 0.215. The molecule has 1 aliphatic rings. The predicted octanol–water partition coefficient (Wildman–Crippen LogP) is 5.86. The Morgan fingerprint density at radius 1 is 0.914 bits per heavy atom. The van der Waals surface area contributed by atoms with Crippen LogP contribution in [0.15, 0.2) is 91.0 Å². The highest BCUT2D eigenvalue weighted by atomic mass is 32.1. The highest BCUT2D eigenvalue weighted by Gasteiger charge is 2.31. The number of ether oxygens (including phenoxy) is 2. The van der Waals surface area contributed by atoms with Gasteiger partial charge >= 0.3 is 0 Å². The number of fused-ring (bicyclic) bond motifs is 1. The zero-order valence-corrected chi connectivity index (χ0v) is 20.2. The normalized spacial score (nSPS) is 14.9. The van der Waals surface area contributed by atoms with Gasteiger partial charge in [-0.1, -0.05) is 48.5 Å². The van der Waals surface area contributed by atoms with Crippen molar-refractivity contribution in [3.63, 3.8) is 0 Å². The van der Waals surface area contributed by atoms with Gasteiger partial charge in [0.15, 0.2) is 5.11 Å². The number of hydrogen-bond donors (Lipinski definition) is 3. The van der Waals surface area contributed by atoms with Crippen molar-refractivity contribution in [1.82, 2.24) is 10.4 Å². The minimum atomic E-state index is -0.288. The summed E-state index contributed by atoms with van der Waals surface area (Å²) in [4.78, 5) is 0. The lowest BCUT2D eigenvalue weighted by Crippen LogP contribution is -2.42. The van der Waals surface area contributed by atoms with E-state index in [4.69, 9.17) is 21.7 Å². The lowest BCUT2D eigenvalue weighted by atomic mass is 10.0. The molecule has 176 valence electrons. The van der Waals surface area contributed by atoms with Gasteiger partial charge in [-0.3, -0.25) is 10.4 Å². The maximum absolute atomic E-state index is 11.1. The first-order chi connectivity index (χ1) is 17.1. The Morgan fingerprint density at radius 3 is 2.31 bits per heavy atom. The Hall–Kier alpha value is -4.23. The van der Waals surface area contributed by atoms with Crippen molar-refractivity contribution in [2.45, 2.75) is 6.04 Å². The molecule has 4 aromatic rings. The Kier molecular flexibility index (Phi) is 6.16. The number of aromatic hydroxyl groups is 1. The fourth-order valence-electron chi connectivity index (χ4n) is 4.22. The van der Waals surface area contributed by atoms with E-state index in [9.17, 15) is 5.11 Å². The van der Waals surface area contributed by atoms with Gasteiger partial charge in [-0.05, 0) is 59.6 Å².